The van der Waals surface area contributed by atoms with Crippen LogP contribution in [0.15, 0.2) is 52.6 Å². The van der Waals surface area contributed by atoms with E-state index in [0.717, 1.165) is 32.7 Å². The van der Waals surface area contributed by atoms with Gasteiger partial charge in [-0.05, 0) is 58.8 Å². The van der Waals surface area contributed by atoms with Crippen LogP contribution < -0.4 is 5.73 Å². The fraction of sp³-hybridized carbons (Fsp3) is 0.190. The van der Waals surface area contributed by atoms with Crippen molar-refractivity contribution < 1.29 is 17.6 Å². The molecular formula is C21H18N2O4S2. The third-order valence-corrected chi connectivity index (χ3v) is 8.17. The van der Waals surface area contributed by atoms with Crippen LogP contribution in [0, 0.1) is 0 Å². The molecule has 4 heterocycles. The number of nitrogens with one attached hydrogen (secondary N) is 1. The zero-order valence-electron chi connectivity index (χ0n) is 15.3. The molecule has 148 valence electrons. The molecular weight excluding hydrogens is 408 g/mol. The fourth-order valence-corrected chi connectivity index (χ4v) is 6.68. The van der Waals surface area contributed by atoms with Crippen molar-refractivity contribution in [2.75, 3.05) is 11.5 Å². The number of amides is 1. The number of thiophene rings is 1. The first-order valence-electron chi connectivity index (χ1n) is 9.19. The Bertz CT molecular complexity index is 1330. The molecule has 0 aliphatic carbocycles. The summed E-state index contributed by atoms with van der Waals surface area (Å²) in [4.78, 5) is 16.2. The molecule has 4 aromatic rings. The van der Waals surface area contributed by atoms with Crippen molar-refractivity contribution >= 4 is 38.0 Å². The number of hydrogen-bond acceptors (Lipinski definition) is 5. The molecule has 1 unspecified atom stereocenters. The lowest BCUT2D eigenvalue weighted by Gasteiger charge is -2.09. The van der Waals surface area contributed by atoms with E-state index in [1.54, 1.807) is 23.7 Å². The summed E-state index contributed by atoms with van der Waals surface area (Å²) in [6.45, 7) is 0. The molecule has 0 saturated carbocycles. The second-order valence-corrected chi connectivity index (χ2v) is 10.5. The summed E-state index contributed by atoms with van der Waals surface area (Å²) in [5.74, 6) is 0.522. The first kappa shape index (κ1) is 18.2. The lowest BCUT2D eigenvalue weighted by atomic mass is 9.94. The van der Waals surface area contributed by atoms with Gasteiger partial charge in [0.25, 0.3) is 5.91 Å². The highest BCUT2D eigenvalue weighted by atomic mass is 32.2. The van der Waals surface area contributed by atoms with Crippen molar-refractivity contribution in [2.45, 2.75) is 12.3 Å². The van der Waals surface area contributed by atoms with E-state index in [1.165, 1.54) is 0 Å². The molecule has 29 heavy (non-hydrogen) atoms. The quantitative estimate of drug-likeness (QED) is 0.511. The minimum atomic E-state index is -3.01. The monoisotopic (exact) mass is 426 g/mol. The van der Waals surface area contributed by atoms with Gasteiger partial charge in [-0.15, -0.1) is 11.3 Å². The lowest BCUT2D eigenvalue weighted by Crippen LogP contribution is -2.11. The van der Waals surface area contributed by atoms with Crippen LogP contribution in [0.2, 0.25) is 0 Å². The van der Waals surface area contributed by atoms with Gasteiger partial charge in [-0.25, -0.2) is 8.42 Å². The average molecular weight is 427 g/mol. The first-order chi connectivity index (χ1) is 13.9. The number of H-pyrrole nitrogens is 1. The minimum absolute atomic E-state index is 0.0779. The molecule has 3 aromatic heterocycles. The van der Waals surface area contributed by atoms with Crippen LogP contribution in [0.4, 0.5) is 0 Å². The van der Waals surface area contributed by atoms with Crippen LogP contribution in [0.1, 0.15) is 28.3 Å². The van der Waals surface area contributed by atoms with Crippen molar-refractivity contribution in [3.05, 3.63) is 59.3 Å². The molecule has 0 bridgehead atoms. The second-order valence-electron chi connectivity index (χ2n) is 7.33. The van der Waals surface area contributed by atoms with E-state index in [0.29, 0.717) is 17.5 Å². The molecule has 1 aliphatic rings. The Labute approximate surface area is 171 Å². The summed E-state index contributed by atoms with van der Waals surface area (Å²) in [6, 6.07) is 9.55. The molecule has 1 saturated heterocycles. The number of carbonyl (C=O) groups excluding carboxylic acids is 1. The number of sulfone groups is 1. The molecule has 0 spiro atoms. The second kappa shape index (κ2) is 6.60. The number of primary amides is 1. The number of aromatic amines is 1. The molecule has 5 rings (SSSR count). The van der Waals surface area contributed by atoms with Gasteiger partial charge in [-0.3, -0.25) is 4.79 Å². The zero-order chi connectivity index (χ0) is 20.2. The predicted molar refractivity (Wildman–Crippen MR) is 114 cm³/mol. The summed E-state index contributed by atoms with van der Waals surface area (Å²) in [5, 5.41) is 2.86. The fourth-order valence-electron chi connectivity index (χ4n) is 4.03. The van der Waals surface area contributed by atoms with Crippen LogP contribution in [0.5, 0.6) is 0 Å². The topological polar surface area (TPSA) is 106 Å². The van der Waals surface area contributed by atoms with E-state index < -0.39 is 15.7 Å². The lowest BCUT2D eigenvalue weighted by molar-refractivity contribution is 0.100. The highest BCUT2D eigenvalue weighted by molar-refractivity contribution is 7.91. The van der Waals surface area contributed by atoms with Crippen molar-refractivity contribution in [1.29, 1.82) is 0 Å². The smallest absolute Gasteiger partial charge is 0.250 e. The van der Waals surface area contributed by atoms with Crippen LogP contribution >= 0.6 is 11.3 Å². The van der Waals surface area contributed by atoms with Gasteiger partial charge in [0, 0.05) is 17.5 Å². The number of carbonyl (C=O) groups is 1. The molecule has 1 aliphatic heterocycles. The van der Waals surface area contributed by atoms with Gasteiger partial charge in [0.15, 0.2) is 9.84 Å². The number of rotatable bonds is 4. The van der Waals surface area contributed by atoms with Gasteiger partial charge in [0.2, 0.25) is 0 Å². The molecule has 1 fully saturated rings. The maximum atomic E-state index is 12.1. The van der Waals surface area contributed by atoms with E-state index in [2.05, 4.69) is 4.98 Å². The number of furan rings is 1. The Morgan fingerprint density at radius 2 is 2.10 bits per heavy atom. The van der Waals surface area contributed by atoms with Crippen molar-refractivity contribution in [2.24, 2.45) is 5.73 Å². The highest BCUT2D eigenvalue weighted by Gasteiger charge is 2.31. The maximum absolute atomic E-state index is 12.1. The summed E-state index contributed by atoms with van der Waals surface area (Å²) < 4.78 is 29.4. The molecule has 3 N–H and O–H groups in total. The van der Waals surface area contributed by atoms with Crippen LogP contribution in [-0.2, 0) is 9.84 Å². The van der Waals surface area contributed by atoms with Gasteiger partial charge in [0.05, 0.1) is 33.7 Å². The number of aromatic nitrogens is 1. The van der Waals surface area contributed by atoms with Gasteiger partial charge in [0.1, 0.15) is 5.76 Å². The average Bonchev–Trinajstić information content (AvgIpc) is 3.45. The normalized spacial score (nSPS) is 18.4. The van der Waals surface area contributed by atoms with E-state index in [9.17, 15) is 13.2 Å². The molecule has 8 heteroatoms. The van der Waals surface area contributed by atoms with E-state index in [4.69, 9.17) is 10.2 Å². The van der Waals surface area contributed by atoms with Gasteiger partial charge in [-0.1, -0.05) is 0 Å². The third kappa shape index (κ3) is 3.18. The van der Waals surface area contributed by atoms with Gasteiger partial charge >= 0.3 is 0 Å². The SMILES string of the molecule is NC(=O)c1cc(-c2csc(-c3ccco3)c2)cc2c(C3CCS(=O)(=O)C3)c[nH]c12. The predicted octanol–water partition coefficient (Wildman–Crippen LogP) is 4.16. The number of fused-ring (bicyclic) bond motifs is 1. The standard InChI is InChI=1S/C21H18N2O4S2/c22-21(24)16-7-13(14-8-19(28-10-14)18-2-1-4-27-18)6-15-17(9-23-20(15)16)12-3-5-29(25,26)11-12/h1-2,4,6-10,12,23H,3,5,11H2,(H2,22,24). The summed E-state index contributed by atoms with van der Waals surface area (Å²) in [6.07, 6.45) is 4.04. The first-order valence-corrected chi connectivity index (χ1v) is 11.9. The Kier molecular flexibility index (Phi) is 4.15. The minimum Gasteiger partial charge on any atom is -0.464 e. The van der Waals surface area contributed by atoms with Gasteiger partial charge in [-0.2, -0.15) is 0 Å². The summed E-state index contributed by atoms with van der Waals surface area (Å²) in [7, 11) is -3.01. The maximum Gasteiger partial charge on any atom is 0.250 e. The molecule has 0 radical (unpaired) electrons. The molecule has 6 nitrogen and oxygen atoms in total. The number of nitrogens with two attached hydrogens (primary N) is 1. The molecule has 1 aromatic carbocycles. The summed E-state index contributed by atoms with van der Waals surface area (Å²) in [5.41, 5.74) is 9.44. The van der Waals surface area contributed by atoms with E-state index >= 15 is 0 Å². The Morgan fingerprint density at radius 1 is 1.24 bits per heavy atom. The van der Waals surface area contributed by atoms with Crippen molar-refractivity contribution in [3.8, 4) is 21.8 Å². The van der Waals surface area contributed by atoms with E-state index in [-0.39, 0.29) is 17.4 Å². The molecule has 1 amide bonds. The summed E-state index contributed by atoms with van der Waals surface area (Å²) >= 11 is 1.56. The Balaban J connectivity index is 1.65. The highest BCUT2D eigenvalue weighted by Crippen LogP contribution is 2.39. The van der Waals surface area contributed by atoms with Crippen LogP contribution in [0.3, 0.4) is 0 Å². The Morgan fingerprint density at radius 3 is 2.79 bits per heavy atom. The Hall–Kier alpha value is -2.84. The van der Waals surface area contributed by atoms with Crippen LogP contribution in [0.25, 0.3) is 32.7 Å². The van der Waals surface area contributed by atoms with E-state index in [1.807, 2.05) is 35.8 Å². The van der Waals surface area contributed by atoms with Gasteiger partial charge < -0.3 is 15.1 Å². The number of benzene rings is 1. The zero-order valence-corrected chi connectivity index (χ0v) is 17.0. The van der Waals surface area contributed by atoms with Crippen molar-refractivity contribution in [1.82, 2.24) is 4.98 Å². The third-order valence-electron chi connectivity index (χ3n) is 5.46. The largest absolute Gasteiger partial charge is 0.464 e. The molecule has 1 atom stereocenters. The van der Waals surface area contributed by atoms with Crippen molar-refractivity contribution in [3.63, 3.8) is 0 Å². The van der Waals surface area contributed by atoms with Crippen LogP contribution in [-0.4, -0.2) is 30.8 Å². The number of hydrogen-bond donors (Lipinski definition) is 2.